The average molecular weight is 337 g/mol. The number of quaternary nitrogens is 1. The van der Waals surface area contributed by atoms with Crippen LogP contribution in [0.4, 0.5) is 5.69 Å². The number of likely N-dealkylation sites (tertiary alicyclic amines) is 1. The van der Waals surface area contributed by atoms with Gasteiger partial charge in [0.05, 0.1) is 28.3 Å². The fraction of sp³-hybridized carbons (Fsp3) is 0.500. The van der Waals surface area contributed by atoms with Crippen molar-refractivity contribution in [3.05, 3.63) is 27.2 Å². The highest BCUT2D eigenvalue weighted by Gasteiger charge is 2.24. The zero-order chi connectivity index (χ0) is 14.7. The first-order chi connectivity index (χ1) is 9.47. The quantitative estimate of drug-likeness (QED) is 0.874. The summed E-state index contributed by atoms with van der Waals surface area (Å²) in [6.07, 6.45) is 3.60. The van der Waals surface area contributed by atoms with Crippen LogP contribution < -0.4 is 10.2 Å². The van der Waals surface area contributed by atoms with E-state index in [2.05, 4.69) is 12.2 Å². The highest BCUT2D eigenvalue weighted by molar-refractivity contribution is 6.42. The topological polar surface area (TPSA) is 33.5 Å². The first-order valence-electron chi connectivity index (χ1n) is 6.76. The lowest BCUT2D eigenvalue weighted by Gasteiger charge is -2.29. The fourth-order valence-electron chi connectivity index (χ4n) is 2.57. The second-order valence-electron chi connectivity index (χ2n) is 5.27. The van der Waals surface area contributed by atoms with Crippen LogP contribution in [-0.2, 0) is 4.79 Å². The molecule has 1 saturated heterocycles. The Morgan fingerprint density at radius 2 is 1.95 bits per heavy atom. The summed E-state index contributed by atoms with van der Waals surface area (Å²) >= 11 is 18.0. The maximum atomic E-state index is 12.1. The molecule has 0 saturated carbocycles. The third-order valence-corrected chi connectivity index (χ3v) is 4.56. The standard InChI is InChI=1S/C14H17Cl3N2O/c1-9-4-2-3-5-19(9)8-13(20)18-14-11(16)6-10(15)7-12(14)17/h6-7,9H,2-5,8H2,1H3,(H,18,20)/p+1/t9-/m0/s1. The SMILES string of the molecule is C[C@H]1CCCC[NH+]1CC(=O)Nc1c(Cl)cc(Cl)cc1Cl. The number of nitrogens with one attached hydrogen (secondary N) is 2. The van der Waals surface area contributed by atoms with Gasteiger partial charge >= 0.3 is 0 Å². The molecule has 110 valence electrons. The molecule has 1 heterocycles. The molecule has 0 aromatic heterocycles. The molecule has 0 bridgehead atoms. The van der Waals surface area contributed by atoms with Crippen LogP contribution in [0.1, 0.15) is 26.2 Å². The van der Waals surface area contributed by atoms with Gasteiger partial charge in [-0.15, -0.1) is 0 Å². The van der Waals surface area contributed by atoms with Crippen LogP contribution >= 0.6 is 34.8 Å². The van der Waals surface area contributed by atoms with E-state index in [1.54, 1.807) is 12.1 Å². The molecule has 2 N–H and O–H groups in total. The first-order valence-corrected chi connectivity index (χ1v) is 7.89. The van der Waals surface area contributed by atoms with Crippen LogP contribution in [0.2, 0.25) is 15.1 Å². The number of carbonyl (C=O) groups is 1. The molecule has 0 radical (unpaired) electrons. The number of amides is 1. The fourth-order valence-corrected chi connectivity index (χ4v) is 3.48. The third kappa shape index (κ3) is 4.01. The molecule has 6 heteroatoms. The van der Waals surface area contributed by atoms with E-state index < -0.39 is 0 Å². The summed E-state index contributed by atoms with van der Waals surface area (Å²) in [7, 11) is 0. The molecule has 3 nitrogen and oxygen atoms in total. The van der Waals surface area contributed by atoms with Crippen molar-refractivity contribution in [2.75, 3.05) is 18.4 Å². The molecule has 20 heavy (non-hydrogen) atoms. The lowest BCUT2D eigenvalue weighted by atomic mass is 10.0. The Hall–Kier alpha value is -0.480. The Balaban J connectivity index is 2.01. The molecule has 1 aromatic rings. The van der Waals surface area contributed by atoms with E-state index in [1.165, 1.54) is 24.2 Å². The Labute approximate surface area is 134 Å². The Morgan fingerprint density at radius 1 is 1.30 bits per heavy atom. The van der Waals surface area contributed by atoms with Gasteiger partial charge in [-0.05, 0) is 38.3 Å². The zero-order valence-electron chi connectivity index (χ0n) is 11.3. The van der Waals surface area contributed by atoms with Gasteiger partial charge < -0.3 is 10.2 Å². The molecule has 2 rings (SSSR count). The Morgan fingerprint density at radius 3 is 2.55 bits per heavy atom. The lowest BCUT2D eigenvalue weighted by Crippen LogP contribution is -3.17. The van der Waals surface area contributed by atoms with Crippen molar-refractivity contribution < 1.29 is 9.69 Å². The van der Waals surface area contributed by atoms with Crippen molar-refractivity contribution in [1.29, 1.82) is 0 Å². The summed E-state index contributed by atoms with van der Waals surface area (Å²) in [5.74, 6) is -0.0696. The van der Waals surface area contributed by atoms with Gasteiger partial charge in [0, 0.05) is 5.02 Å². The van der Waals surface area contributed by atoms with E-state index in [0.29, 0.717) is 33.3 Å². The summed E-state index contributed by atoms with van der Waals surface area (Å²) in [6, 6.07) is 3.66. The van der Waals surface area contributed by atoms with Crippen LogP contribution in [0.3, 0.4) is 0 Å². The van der Waals surface area contributed by atoms with Gasteiger partial charge in [0.15, 0.2) is 6.54 Å². The van der Waals surface area contributed by atoms with Crippen LogP contribution in [0.5, 0.6) is 0 Å². The summed E-state index contributed by atoms with van der Waals surface area (Å²) < 4.78 is 0. The van der Waals surface area contributed by atoms with Gasteiger partial charge in [0.1, 0.15) is 0 Å². The molecule has 1 unspecified atom stereocenters. The largest absolute Gasteiger partial charge is 0.325 e. The highest BCUT2D eigenvalue weighted by Crippen LogP contribution is 2.33. The Bertz CT molecular complexity index is 484. The minimum absolute atomic E-state index is 0.0696. The molecule has 1 fully saturated rings. The van der Waals surface area contributed by atoms with E-state index in [-0.39, 0.29) is 5.91 Å². The molecule has 0 spiro atoms. The second-order valence-corrected chi connectivity index (χ2v) is 6.53. The number of anilines is 1. The molecule has 1 aliphatic heterocycles. The number of piperidine rings is 1. The van der Waals surface area contributed by atoms with Crippen molar-refractivity contribution >= 4 is 46.4 Å². The highest BCUT2D eigenvalue weighted by atomic mass is 35.5. The van der Waals surface area contributed by atoms with Gasteiger partial charge in [0.25, 0.3) is 5.91 Å². The number of benzene rings is 1. The van der Waals surface area contributed by atoms with Gasteiger partial charge in [-0.1, -0.05) is 34.8 Å². The van der Waals surface area contributed by atoms with Crippen molar-refractivity contribution in [2.24, 2.45) is 0 Å². The molecule has 0 aliphatic carbocycles. The van der Waals surface area contributed by atoms with Crippen molar-refractivity contribution in [3.8, 4) is 0 Å². The van der Waals surface area contributed by atoms with Crippen molar-refractivity contribution in [2.45, 2.75) is 32.2 Å². The summed E-state index contributed by atoms with van der Waals surface area (Å²) in [5.41, 5.74) is 0.437. The van der Waals surface area contributed by atoms with Crippen LogP contribution in [-0.4, -0.2) is 25.0 Å². The first kappa shape index (κ1) is 15.9. The molecule has 1 amide bonds. The van der Waals surface area contributed by atoms with E-state index >= 15 is 0 Å². The van der Waals surface area contributed by atoms with E-state index in [1.807, 2.05) is 0 Å². The van der Waals surface area contributed by atoms with Crippen LogP contribution in [0, 0.1) is 0 Å². The molecular formula is C14H18Cl3N2O+. The van der Waals surface area contributed by atoms with E-state index in [4.69, 9.17) is 34.8 Å². The molecule has 1 aliphatic rings. The average Bonchev–Trinajstić information content (AvgIpc) is 2.36. The minimum Gasteiger partial charge on any atom is -0.325 e. The van der Waals surface area contributed by atoms with Gasteiger partial charge in [-0.25, -0.2) is 0 Å². The number of hydrogen-bond acceptors (Lipinski definition) is 1. The minimum atomic E-state index is -0.0696. The monoisotopic (exact) mass is 335 g/mol. The molecule has 2 atom stereocenters. The van der Waals surface area contributed by atoms with E-state index in [9.17, 15) is 4.79 Å². The maximum absolute atomic E-state index is 12.1. The number of rotatable bonds is 3. The van der Waals surface area contributed by atoms with Crippen LogP contribution in [0.25, 0.3) is 0 Å². The predicted octanol–water partition coefficient (Wildman–Crippen LogP) is 3.04. The smallest absolute Gasteiger partial charge is 0.279 e. The maximum Gasteiger partial charge on any atom is 0.279 e. The van der Waals surface area contributed by atoms with E-state index in [0.717, 1.165) is 6.54 Å². The number of hydrogen-bond donors (Lipinski definition) is 2. The summed E-state index contributed by atoms with van der Waals surface area (Å²) in [6.45, 7) is 3.66. The summed E-state index contributed by atoms with van der Waals surface area (Å²) in [5, 5.41) is 3.96. The number of carbonyl (C=O) groups excluding carboxylic acids is 1. The van der Waals surface area contributed by atoms with Crippen molar-refractivity contribution in [3.63, 3.8) is 0 Å². The van der Waals surface area contributed by atoms with Gasteiger partial charge in [0.2, 0.25) is 0 Å². The molecule has 1 aromatic carbocycles. The zero-order valence-corrected chi connectivity index (χ0v) is 13.6. The molecular weight excluding hydrogens is 319 g/mol. The second kappa shape index (κ2) is 6.99. The van der Waals surface area contributed by atoms with Crippen LogP contribution in [0.15, 0.2) is 12.1 Å². The number of halogens is 3. The van der Waals surface area contributed by atoms with Gasteiger partial charge in [-0.2, -0.15) is 0 Å². The normalized spacial score (nSPS) is 22.6. The van der Waals surface area contributed by atoms with Crippen molar-refractivity contribution in [1.82, 2.24) is 0 Å². The summed E-state index contributed by atoms with van der Waals surface area (Å²) in [4.78, 5) is 13.4. The predicted molar refractivity (Wildman–Crippen MR) is 84.1 cm³/mol. The Kier molecular flexibility index (Phi) is 5.56. The lowest BCUT2D eigenvalue weighted by molar-refractivity contribution is -0.920. The third-order valence-electron chi connectivity index (χ3n) is 3.74. The van der Waals surface area contributed by atoms with Gasteiger partial charge in [-0.3, -0.25) is 4.79 Å².